The summed E-state index contributed by atoms with van der Waals surface area (Å²) in [6.07, 6.45) is 12.9. The molecule has 3 heteroatoms. The molecule has 0 N–H and O–H groups in total. The van der Waals surface area contributed by atoms with E-state index in [1.54, 1.807) is 0 Å². The highest BCUT2D eigenvalue weighted by Gasteiger charge is 2.45. The predicted octanol–water partition coefficient (Wildman–Crippen LogP) is 5.45. The van der Waals surface area contributed by atoms with E-state index in [1.165, 1.54) is 44.9 Å². The minimum Gasteiger partial charge on any atom is -0.351 e. The van der Waals surface area contributed by atoms with E-state index in [9.17, 15) is 5.26 Å². The summed E-state index contributed by atoms with van der Waals surface area (Å²) in [5, 5.41) is 9.79. The van der Waals surface area contributed by atoms with Gasteiger partial charge in [-0.3, -0.25) is 0 Å². The van der Waals surface area contributed by atoms with Gasteiger partial charge in [0, 0.05) is 5.92 Å². The first-order valence-electron chi connectivity index (χ1n) is 9.88. The molecule has 0 spiro atoms. The highest BCUT2D eigenvalue weighted by Crippen LogP contribution is 2.45. The first-order chi connectivity index (χ1) is 11.2. The van der Waals surface area contributed by atoms with Crippen LogP contribution in [0, 0.1) is 28.6 Å². The Labute approximate surface area is 142 Å². The molecule has 1 saturated carbocycles. The molecule has 2 aliphatic rings. The van der Waals surface area contributed by atoms with Crippen LogP contribution in [-0.4, -0.2) is 19.5 Å². The first kappa shape index (κ1) is 18.7. The second-order valence-corrected chi connectivity index (χ2v) is 7.71. The fourth-order valence-electron chi connectivity index (χ4n) is 4.09. The van der Waals surface area contributed by atoms with Crippen molar-refractivity contribution in [3.05, 3.63) is 0 Å². The Morgan fingerprint density at radius 2 is 1.52 bits per heavy atom. The minimum atomic E-state index is -0.392. The van der Waals surface area contributed by atoms with Crippen molar-refractivity contribution in [1.29, 1.82) is 5.26 Å². The molecule has 0 radical (unpaired) electrons. The van der Waals surface area contributed by atoms with Gasteiger partial charge in [-0.2, -0.15) is 5.26 Å². The van der Waals surface area contributed by atoms with Crippen molar-refractivity contribution < 1.29 is 9.47 Å². The van der Waals surface area contributed by atoms with Gasteiger partial charge in [-0.25, -0.2) is 0 Å². The fourth-order valence-corrected chi connectivity index (χ4v) is 4.09. The molecule has 1 saturated heterocycles. The van der Waals surface area contributed by atoms with Crippen molar-refractivity contribution in [3.8, 4) is 6.07 Å². The van der Waals surface area contributed by atoms with Gasteiger partial charge in [0.05, 0.1) is 19.3 Å². The largest absolute Gasteiger partial charge is 0.351 e. The van der Waals surface area contributed by atoms with E-state index in [0.29, 0.717) is 5.92 Å². The third-order valence-electron chi connectivity index (χ3n) is 5.82. The van der Waals surface area contributed by atoms with Crippen LogP contribution in [0.1, 0.15) is 84.5 Å². The molecule has 1 aliphatic heterocycles. The van der Waals surface area contributed by atoms with Gasteiger partial charge >= 0.3 is 0 Å². The van der Waals surface area contributed by atoms with Crippen LogP contribution in [0.5, 0.6) is 0 Å². The lowest BCUT2D eigenvalue weighted by Crippen LogP contribution is -2.45. The monoisotopic (exact) mass is 321 g/mol. The molecule has 0 unspecified atom stereocenters. The minimum absolute atomic E-state index is 0.290. The van der Waals surface area contributed by atoms with Gasteiger partial charge in [0.1, 0.15) is 5.41 Å². The van der Waals surface area contributed by atoms with Crippen molar-refractivity contribution in [1.82, 2.24) is 0 Å². The lowest BCUT2D eigenvalue weighted by Gasteiger charge is -2.42. The van der Waals surface area contributed by atoms with Crippen LogP contribution in [-0.2, 0) is 9.47 Å². The molecule has 132 valence electrons. The lowest BCUT2D eigenvalue weighted by molar-refractivity contribution is -0.247. The van der Waals surface area contributed by atoms with Crippen LogP contribution in [0.4, 0.5) is 0 Å². The Balaban J connectivity index is 1.78. The maximum atomic E-state index is 9.79. The topological polar surface area (TPSA) is 42.2 Å². The molecule has 0 aromatic carbocycles. The molecule has 0 aromatic heterocycles. The van der Waals surface area contributed by atoms with Crippen LogP contribution in [0.3, 0.4) is 0 Å². The average Bonchev–Trinajstić information content (AvgIpc) is 2.61. The lowest BCUT2D eigenvalue weighted by atomic mass is 9.69. The van der Waals surface area contributed by atoms with E-state index in [1.807, 2.05) is 0 Å². The molecule has 2 rings (SSSR count). The van der Waals surface area contributed by atoms with E-state index < -0.39 is 5.41 Å². The summed E-state index contributed by atoms with van der Waals surface area (Å²) >= 11 is 0. The standard InChI is InChI=1S/C20H35NO2/c1-3-5-7-9-18-14-22-19(23-15-18)20(16-21)12-10-17(11-13-20)8-6-4-2/h17-19H,3-15H2,1-2H3. The highest BCUT2D eigenvalue weighted by molar-refractivity contribution is 5.04. The van der Waals surface area contributed by atoms with Crippen LogP contribution in [0.15, 0.2) is 0 Å². The summed E-state index contributed by atoms with van der Waals surface area (Å²) in [7, 11) is 0. The maximum Gasteiger partial charge on any atom is 0.176 e. The second-order valence-electron chi connectivity index (χ2n) is 7.71. The van der Waals surface area contributed by atoms with Crippen molar-refractivity contribution in [2.45, 2.75) is 90.8 Å². The normalized spacial score (nSPS) is 34.9. The maximum absolute atomic E-state index is 9.79. The molecule has 23 heavy (non-hydrogen) atoms. The van der Waals surface area contributed by atoms with Gasteiger partial charge in [0.2, 0.25) is 0 Å². The van der Waals surface area contributed by atoms with Crippen LogP contribution >= 0.6 is 0 Å². The van der Waals surface area contributed by atoms with E-state index in [2.05, 4.69) is 19.9 Å². The zero-order valence-corrected chi connectivity index (χ0v) is 15.2. The average molecular weight is 322 g/mol. The predicted molar refractivity (Wildman–Crippen MR) is 92.9 cm³/mol. The molecule has 0 atom stereocenters. The molecule has 1 heterocycles. The van der Waals surface area contributed by atoms with Crippen molar-refractivity contribution in [2.75, 3.05) is 13.2 Å². The van der Waals surface area contributed by atoms with Gasteiger partial charge in [-0.15, -0.1) is 0 Å². The van der Waals surface area contributed by atoms with Gasteiger partial charge in [-0.1, -0.05) is 52.4 Å². The van der Waals surface area contributed by atoms with Crippen LogP contribution in [0.2, 0.25) is 0 Å². The van der Waals surface area contributed by atoms with Gasteiger partial charge in [0.15, 0.2) is 6.29 Å². The molecule has 2 fully saturated rings. The van der Waals surface area contributed by atoms with Crippen LogP contribution < -0.4 is 0 Å². The summed E-state index contributed by atoms with van der Waals surface area (Å²) in [5.41, 5.74) is -0.392. The van der Waals surface area contributed by atoms with E-state index in [4.69, 9.17) is 9.47 Å². The number of ether oxygens (including phenoxy) is 2. The third-order valence-corrected chi connectivity index (χ3v) is 5.82. The second kappa shape index (κ2) is 9.64. The Hall–Kier alpha value is -0.590. The number of nitriles is 1. The number of nitrogens with zero attached hydrogens (tertiary/aromatic N) is 1. The van der Waals surface area contributed by atoms with Crippen molar-refractivity contribution in [2.24, 2.45) is 17.3 Å². The fraction of sp³-hybridized carbons (Fsp3) is 0.950. The number of hydrogen-bond acceptors (Lipinski definition) is 3. The zero-order valence-electron chi connectivity index (χ0n) is 15.2. The summed E-state index contributed by atoms with van der Waals surface area (Å²) < 4.78 is 12.1. The van der Waals surface area contributed by atoms with Crippen LogP contribution in [0.25, 0.3) is 0 Å². The Kier molecular flexibility index (Phi) is 7.86. The molecular formula is C20H35NO2. The smallest absolute Gasteiger partial charge is 0.176 e. The number of hydrogen-bond donors (Lipinski definition) is 0. The zero-order chi connectivity index (χ0) is 16.5. The van der Waals surface area contributed by atoms with Crippen molar-refractivity contribution in [3.63, 3.8) is 0 Å². The Morgan fingerprint density at radius 3 is 2.09 bits per heavy atom. The molecule has 0 amide bonds. The van der Waals surface area contributed by atoms with E-state index in [0.717, 1.165) is 44.8 Å². The summed E-state index contributed by atoms with van der Waals surface area (Å²) in [6.45, 7) is 6.04. The number of rotatable bonds is 8. The Bertz CT molecular complexity index is 360. The highest BCUT2D eigenvalue weighted by atomic mass is 16.7. The summed E-state index contributed by atoms with van der Waals surface area (Å²) in [6, 6.07) is 2.58. The molecule has 0 bridgehead atoms. The van der Waals surface area contributed by atoms with Crippen molar-refractivity contribution >= 4 is 0 Å². The molecule has 1 aliphatic carbocycles. The summed E-state index contributed by atoms with van der Waals surface area (Å²) in [4.78, 5) is 0. The SMILES string of the molecule is CCCCCC1COC(C2(C#N)CCC(CCCC)CC2)OC1. The quantitative estimate of drug-likeness (QED) is 0.558. The number of unbranched alkanes of at least 4 members (excludes halogenated alkanes) is 3. The van der Waals surface area contributed by atoms with E-state index >= 15 is 0 Å². The van der Waals surface area contributed by atoms with Gasteiger partial charge < -0.3 is 9.47 Å². The van der Waals surface area contributed by atoms with E-state index in [-0.39, 0.29) is 6.29 Å². The van der Waals surface area contributed by atoms with Gasteiger partial charge in [0.25, 0.3) is 0 Å². The van der Waals surface area contributed by atoms with Gasteiger partial charge in [-0.05, 0) is 38.0 Å². The molecular weight excluding hydrogens is 286 g/mol. The molecule has 3 nitrogen and oxygen atoms in total. The first-order valence-corrected chi connectivity index (χ1v) is 9.88. The summed E-state index contributed by atoms with van der Waals surface area (Å²) in [5.74, 6) is 1.33. The Morgan fingerprint density at radius 1 is 0.913 bits per heavy atom. The molecule has 0 aromatic rings. The third kappa shape index (κ3) is 5.19.